The molecule has 0 radical (unpaired) electrons. The summed E-state index contributed by atoms with van der Waals surface area (Å²) in [5.74, 6) is 1.09. The van der Waals surface area contributed by atoms with Gasteiger partial charge < -0.3 is 14.2 Å². The maximum absolute atomic E-state index is 13.5. The molecule has 9 heteroatoms. The number of nitrogens with zero attached hydrogens (tertiary/aromatic N) is 4. The number of methoxy groups -OCH3 is 1. The van der Waals surface area contributed by atoms with E-state index in [4.69, 9.17) is 9.26 Å². The van der Waals surface area contributed by atoms with Crippen LogP contribution in [0.25, 0.3) is 22.4 Å². The molecule has 1 N–H and O–H groups in total. The van der Waals surface area contributed by atoms with Crippen molar-refractivity contribution in [2.45, 2.75) is 25.4 Å². The van der Waals surface area contributed by atoms with E-state index in [-0.39, 0.29) is 11.9 Å². The largest absolute Gasteiger partial charge is 0.465 e. The first kappa shape index (κ1) is 19.4. The Bertz CT molecular complexity index is 1230. The number of imidazole rings is 1. The number of carbonyl (C=O) groups is 1. The first-order valence-electron chi connectivity index (χ1n) is 10.0. The van der Waals surface area contributed by atoms with Gasteiger partial charge in [-0.3, -0.25) is 4.90 Å². The zero-order valence-corrected chi connectivity index (χ0v) is 16.8. The second kappa shape index (κ2) is 7.92. The van der Waals surface area contributed by atoms with Crippen molar-refractivity contribution in [3.63, 3.8) is 0 Å². The fourth-order valence-electron chi connectivity index (χ4n) is 3.97. The van der Waals surface area contributed by atoms with Crippen LogP contribution in [0.3, 0.4) is 0 Å². The van der Waals surface area contributed by atoms with Crippen LogP contribution >= 0.6 is 0 Å². The molecule has 0 spiro atoms. The van der Waals surface area contributed by atoms with Crippen molar-refractivity contribution in [3.8, 4) is 11.4 Å². The molecule has 1 aliphatic rings. The Hall–Kier alpha value is -3.59. The Morgan fingerprint density at radius 3 is 2.90 bits per heavy atom. The average Bonchev–Trinajstić information content (AvgIpc) is 3.52. The maximum atomic E-state index is 13.5. The molecule has 0 bridgehead atoms. The van der Waals surface area contributed by atoms with Crippen molar-refractivity contribution < 1.29 is 18.4 Å². The molecule has 3 heterocycles. The van der Waals surface area contributed by atoms with Gasteiger partial charge in [0.25, 0.3) is 0 Å². The Morgan fingerprint density at radius 1 is 1.26 bits per heavy atom. The van der Waals surface area contributed by atoms with Crippen molar-refractivity contribution in [1.29, 1.82) is 0 Å². The molecule has 8 nitrogen and oxygen atoms in total. The van der Waals surface area contributed by atoms with E-state index in [1.54, 1.807) is 30.3 Å². The molecule has 1 atom stereocenters. The number of H-pyrrole nitrogens is 1. The van der Waals surface area contributed by atoms with Crippen molar-refractivity contribution in [3.05, 3.63) is 65.6 Å². The second-order valence-electron chi connectivity index (χ2n) is 7.49. The lowest BCUT2D eigenvalue weighted by molar-refractivity contribution is 0.0600. The third-order valence-electron chi connectivity index (χ3n) is 5.51. The number of rotatable bonds is 5. The number of carbonyl (C=O) groups excluding carboxylic acids is 1. The van der Waals surface area contributed by atoms with Gasteiger partial charge in [-0.05, 0) is 49.7 Å². The van der Waals surface area contributed by atoms with Crippen molar-refractivity contribution in [2.75, 3.05) is 13.7 Å². The van der Waals surface area contributed by atoms with Gasteiger partial charge in [0.05, 0.1) is 36.3 Å². The van der Waals surface area contributed by atoms with E-state index >= 15 is 0 Å². The predicted octanol–water partition coefficient (Wildman–Crippen LogP) is 3.88. The number of esters is 1. The third-order valence-corrected chi connectivity index (χ3v) is 5.51. The summed E-state index contributed by atoms with van der Waals surface area (Å²) in [6.45, 7) is 1.37. The molecule has 31 heavy (non-hydrogen) atoms. The van der Waals surface area contributed by atoms with E-state index in [0.717, 1.165) is 36.3 Å². The average molecular weight is 421 g/mol. The zero-order valence-electron chi connectivity index (χ0n) is 16.8. The minimum absolute atomic E-state index is 0.0742. The normalized spacial score (nSPS) is 16.8. The van der Waals surface area contributed by atoms with Crippen LogP contribution in [0.2, 0.25) is 0 Å². The summed E-state index contributed by atoms with van der Waals surface area (Å²) in [5.41, 5.74) is 2.65. The standard InChI is InChI=1S/C22H20FN5O3/c1-30-22(29)14-6-4-13(5-7-14)20-26-19(31-27-20)12-28-10-2-3-18(28)21-24-16-9-8-15(23)11-17(16)25-21/h4-9,11,18H,2-3,10,12H2,1H3,(H,24,25)/t18-/m1/s1. The van der Waals surface area contributed by atoms with Crippen LogP contribution < -0.4 is 0 Å². The smallest absolute Gasteiger partial charge is 0.337 e. The van der Waals surface area contributed by atoms with Crippen LogP contribution in [0.5, 0.6) is 0 Å². The highest BCUT2D eigenvalue weighted by molar-refractivity contribution is 5.89. The van der Waals surface area contributed by atoms with Crippen molar-refractivity contribution >= 4 is 17.0 Å². The number of aromatic amines is 1. The molecule has 1 fully saturated rings. The fraction of sp³-hybridized carbons (Fsp3) is 0.273. The topological polar surface area (TPSA) is 97.1 Å². The molecule has 2 aromatic carbocycles. The van der Waals surface area contributed by atoms with E-state index in [0.29, 0.717) is 29.3 Å². The second-order valence-corrected chi connectivity index (χ2v) is 7.49. The van der Waals surface area contributed by atoms with Gasteiger partial charge in [-0.25, -0.2) is 14.2 Å². The molecule has 2 aromatic heterocycles. The van der Waals surface area contributed by atoms with Crippen LogP contribution in [-0.4, -0.2) is 44.6 Å². The number of ether oxygens (including phenoxy) is 1. The molecule has 0 saturated carbocycles. The van der Waals surface area contributed by atoms with Gasteiger partial charge in [0.1, 0.15) is 11.6 Å². The summed E-state index contributed by atoms with van der Waals surface area (Å²) in [7, 11) is 1.34. The quantitative estimate of drug-likeness (QED) is 0.489. The van der Waals surface area contributed by atoms with Gasteiger partial charge in [-0.1, -0.05) is 17.3 Å². The first-order chi connectivity index (χ1) is 15.1. The molecular weight excluding hydrogens is 401 g/mol. The lowest BCUT2D eigenvalue weighted by Gasteiger charge is -2.20. The zero-order chi connectivity index (χ0) is 21.4. The first-order valence-corrected chi connectivity index (χ1v) is 10.0. The maximum Gasteiger partial charge on any atom is 0.337 e. The number of hydrogen-bond acceptors (Lipinski definition) is 7. The number of aromatic nitrogens is 4. The van der Waals surface area contributed by atoms with E-state index in [1.807, 2.05) is 0 Å². The summed E-state index contributed by atoms with van der Waals surface area (Å²) in [5, 5.41) is 4.07. The lowest BCUT2D eigenvalue weighted by atomic mass is 10.1. The fourth-order valence-corrected chi connectivity index (χ4v) is 3.97. The van der Waals surface area contributed by atoms with Crippen LogP contribution in [0.1, 0.15) is 41.0 Å². The molecule has 0 aliphatic carbocycles. The molecule has 4 aromatic rings. The Labute approximate surface area is 177 Å². The highest BCUT2D eigenvalue weighted by atomic mass is 19.1. The van der Waals surface area contributed by atoms with E-state index < -0.39 is 5.97 Å². The van der Waals surface area contributed by atoms with E-state index in [1.165, 1.54) is 19.2 Å². The van der Waals surface area contributed by atoms with E-state index in [9.17, 15) is 9.18 Å². The van der Waals surface area contributed by atoms with Gasteiger partial charge in [0.15, 0.2) is 0 Å². The molecule has 1 aliphatic heterocycles. The molecule has 158 valence electrons. The van der Waals surface area contributed by atoms with Gasteiger partial charge in [0, 0.05) is 5.56 Å². The van der Waals surface area contributed by atoms with Crippen LogP contribution in [0, 0.1) is 5.82 Å². The Morgan fingerprint density at radius 2 is 2.10 bits per heavy atom. The summed E-state index contributed by atoms with van der Waals surface area (Å²) >= 11 is 0. The minimum Gasteiger partial charge on any atom is -0.465 e. The molecule has 5 rings (SSSR count). The summed E-state index contributed by atoms with van der Waals surface area (Å²) < 4.78 is 23.7. The summed E-state index contributed by atoms with van der Waals surface area (Å²) in [6.07, 6.45) is 1.96. The number of halogens is 1. The Kier molecular flexibility index (Phi) is 4.95. The number of nitrogens with one attached hydrogen (secondary N) is 1. The predicted molar refractivity (Wildman–Crippen MR) is 110 cm³/mol. The highest BCUT2D eigenvalue weighted by Crippen LogP contribution is 2.32. The summed E-state index contributed by atoms with van der Waals surface area (Å²) in [6, 6.07) is 11.5. The van der Waals surface area contributed by atoms with E-state index in [2.05, 4.69) is 25.0 Å². The van der Waals surface area contributed by atoms with Gasteiger partial charge >= 0.3 is 5.97 Å². The lowest BCUT2D eigenvalue weighted by Crippen LogP contribution is -2.23. The van der Waals surface area contributed by atoms with Crippen LogP contribution in [-0.2, 0) is 11.3 Å². The minimum atomic E-state index is -0.395. The number of fused-ring (bicyclic) bond motifs is 1. The van der Waals surface area contributed by atoms with Gasteiger partial charge in [-0.15, -0.1) is 0 Å². The number of likely N-dealkylation sites (tertiary alicyclic amines) is 1. The SMILES string of the molecule is COC(=O)c1ccc(-c2noc(CN3CCC[C@@H]3c3nc4ccc(F)cc4[nH]3)n2)cc1. The molecule has 0 amide bonds. The molecule has 1 saturated heterocycles. The highest BCUT2D eigenvalue weighted by Gasteiger charge is 2.30. The monoisotopic (exact) mass is 421 g/mol. The van der Waals surface area contributed by atoms with Crippen molar-refractivity contribution in [2.24, 2.45) is 0 Å². The van der Waals surface area contributed by atoms with Gasteiger partial charge in [-0.2, -0.15) is 4.98 Å². The number of benzene rings is 2. The molecule has 0 unspecified atom stereocenters. The molecular formula is C22H20FN5O3. The van der Waals surface area contributed by atoms with Gasteiger partial charge in [0.2, 0.25) is 11.7 Å². The summed E-state index contributed by atoms with van der Waals surface area (Å²) in [4.78, 5) is 26.2. The van der Waals surface area contributed by atoms with Crippen LogP contribution in [0.15, 0.2) is 47.0 Å². The van der Waals surface area contributed by atoms with Crippen LogP contribution in [0.4, 0.5) is 4.39 Å². The third kappa shape index (κ3) is 3.79. The number of hydrogen-bond donors (Lipinski definition) is 1. The van der Waals surface area contributed by atoms with Crippen molar-refractivity contribution in [1.82, 2.24) is 25.0 Å². The Balaban J connectivity index is 1.32.